The van der Waals surface area contributed by atoms with Gasteiger partial charge in [-0.25, -0.2) is 9.37 Å². The number of anilines is 2. The second-order valence-corrected chi connectivity index (χ2v) is 9.10. The molecule has 1 saturated heterocycles. The molecule has 188 valence electrons. The van der Waals surface area contributed by atoms with E-state index in [0.29, 0.717) is 35.2 Å². The van der Waals surface area contributed by atoms with Gasteiger partial charge in [0.2, 0.25) is 5.91 Å². The number of benzene rings is 2. The maximum atomic E-state index is 14.1. The van der Waals surface area contributed by atoms with Crippen LogP contribution in [0.15, 0.2) is 67.0 Å². The minimum Gasteiger partial charge on any atom is -0.480 e. The Morgan fingerprint density at radius 3 is 2.59 bits per heavy atom. The molecular formula is C27H23ClFN5O3. The van der Waals surface area contributed by atoms with Gasteiger partial charge in [0.1, 0.15) is 18.2 Å². The highest BCUT2D eigenvalue weighted by molar-refractivity contribution is 6.34. The van der Waals surface area contributed by atoms with Crippen LogP contribution in [0.1, 0.15) is 5.56 Å². The number of rotatable bonds is 7. The van der Waals surface area contributed by atoms with Crippen molar-refractivity contribution in [1.82, 2.24) is 14.9 Å². The van der Waals surface area contributed by atoms with Crippen LogP contribution in [0.5, 0.6) is 0 Å². The number of aliphatic carboxylic acids is 1. The first kappa shape index (κ1) is 24.5. The zero-order valence-corrected chi connectivity index (χ0v) is 20.5. The third-order valence-corrected chi connectivity index (χ3v) is 6.57. The molecule has 1 aliphatic rings. The molecule has 2 N–H and O–H groups in total. The van der Waals surface area contributed by atoms with Crippen LogP contribution < -0.4 is 10.2 Å². The molecule has 10 heteroatoms. The standard InChI is InChI=1S/C27H23ClFN5O3/c28-21-14-30-23-7-5-17(11-20(23)27(21)32-13-19-3-1-2-4-22(19)29)18-6-8-24(31-12-18)33-9-10-34(16-26(36)37)25(35)15-33/h1-8,11-12,14H,9-10,13,15-16H2,(H,30,32)(H,36,37). The van der Waals surface area contributed by atoms with Gasteiger partial charge in [0.25, 0.3) is 0 Å². The fourth-order valence-corrected chi connectivity index (χ4v) is 4.55. The van der Waals surface area contributed by atoms with Crippen molar-refractivity contribution in [3.05, 3.63) is 83.4 Å². The van der Waals surface area contributed by atoms with Crippen molar-refractivity contribution in [3.63, 3.8) is 0 Å². The zero-order chi connectivity index (χ0) is 25.9. The molecule has 0 atom stereocenters. The highest BCUT2D eigenvalue weighted by atomic mass is 35.5. The van der Waals surface area contributed by atoms with Gasteiger partial charge in [-0.2, -0.15) is 0 Å². The van der Waals surface area contributed by atoms with Crippen molar-refractivity contribution in [2.45, 2.75) is 6.54 Å². The number of carboxylic acids is 1. The summed E-state index contributed by atoms with van der Waals surface area (Å²) in [5.41, 5.74) is 3.70. The van der Waals surface area contributed by atoms with Crippen molar-refractivity contribution in [1.29, 1.82) is 0 Å². The fourth-order valence-electron chi connectivity index (χ4n) is 4.33. The molecule has 0 aliphatic carbocycles. The predicted octanol–water partition coefficient (Wildman–Crippen LogP) is 4.43. The molecule has 5 rings (SSSR count). The average Bonchev–Trinajstić information content (AvgIpc) is 2.90. The van der Waals surface area contributed by atoms with E-state index in [9.17, 15) is 14.0 Å². The van der Waals surface area contributed by atoms with Gasteiger partial charge in [-0.15, -0.1) is 0 Å². The normalized spacial score (nSPS) is 13.7. The van der Waals surface area contributed by atoms with Crippen molar-refractivity contribution in [2.75, 3.05) is 36.4 Å². The average molecular weight is 520 g/mol. The molecule has 37 heavy (non-hydrogen) atoms. The van der Waals surface area contributed by atoms with Gasteiger partial charge in [0.15, 0.2) is 0 Å². The third-order valence-electron chi connectivity index (χ3n) is 6.29. The first-order chi connectivity index (χ1) is 17.9. The van der Waals surface area contributed by atoms with Gasteiger partial charge in [-0.05, 0) is 35.9 Å². The Balaban J connectivity index is 1.37. The molecular weight excluding hydrogens is 497 g/mol. The summed E-state index contributed by atoms with van der Waals surface area (Å²) in [5, 5.41) is 13.4. The van der Waals surface area contributed by atoms with Crippen LogP contribution in [-0.4, -0.2) is 58.0 Å². The number of aromatic nitrogens is 2. The number of carboxylic acid groups (broad SMARTS) is 1. The molecule has 1 fully saturated rings. The lowest BCUT2D eigenvalue weighted by atomic mass is 10.0. The summed E-state index contributed by atoms with van der Waals surface area (Å²) in [6, 6.07) is 16.1. The van der Waals surface area contributed by atoms with Crippen LogP contribution in [0.3, 0.4) is 0 Å². The number of nitrogens with one attached hydrogen (secondary N) is 1. The summed E-state index contributed by atoms with van der Waals surface area (Å²) in [6.07, 6.45) is 3.30. The monoisotopic (exact) mass is 519 g/mol. The molecule has 2 aromatic carbocycles. The van der Waals surface area contributed by atoms with E-state index in [4.69, 9.17) is 16.7 Å². The van der Waals surface area contributed by atoms with E-state index in [0.717, 1.165) is 22.0 Å². The van der Waals surface area contributed by atoms with Crippen molar-refractivity contribution in [2.24, 2.45) is 0 Å². The van der Waals surface area contributed by atoms with Gasteiger partial charge < -0.3 is 20.2 Å². The van der Waals surface area contributed by atoms with E-state index >= 15 is 0 Å². The summed E-state index contributed by atoms with van der Waals surface area (Å²) in [6.45, 7) is 0.885. The van der Waals surface area contributed by atoms with E-state index in [2.05, 4.69) is 15.3 Å². The first-order valence-electron chi connectivity index (χ1n) is 11.7. The van der Waals surface area contributed by atoms with Gasteiger partial charge >= 0.3 is 5.97 Å². The van der Waals surface area contributed by atoms with Crippen LogP contribution in [-0.2, 0) is 16.1 Å². The molecule has 0 spiro atoms. The summed E-state index contributed by atoms with van der Waals surface area (Å²) in [7, 11) is 0. The number of amides is 1. The lowest BCUT2D eigenvalue weighted by Crippen LogP contribution is -2.52. The van der Waals surface area contributed by atoms with E-state index in [1.54, 1.807) is 30.6 Å². The summed E-state index contributed by atoms with van der Waals surface area (Å²) in [5.74, 6) is -0.915. The molecule has 3 heterocycles. The molecule has 8 nitrogen and oxygen atoms in total. The number of fused-ring (bicyclic) bond motifs is 1. The highest BCUT2D eigenvalue weighted by Gasteiger charge is 2.26. The van der Waals surface area contributed by atoms with Crippen LogP contribution in [0.2, 0.25) is 5.02 Å². The van der Waals surface area contributed by atoms with Crippen LogP contribution in [0.4, 0.5) is 15.9 Å². The Bertz CT molecular complexity index is 1480. The van der Waals surface area contributed by atoms with E-state index in [1.807, 2.05) is 35.2 Å². The van der Waals surface area contributed by atoms with E-state index in [1.165, 1.54) is 11.0 Å². The molecule has 4 aromatic rings. The number of piperazine rings is 1. The Hall–Kier alpha value is -4.24. The molecule has 0 bridgehead atoms. The molecule has 2 aromatic heterocycles. The second-order valence-electron chi connectivity index (χ2n) is 8.69. The Morgan fingerprint density at radius 2 is 1.86 bits per heavy atom. The summed E-state index contributed by atoms with van der Waals surface area (Å²) < 4.78 is 14.1. The predicted molar refractivity (Wildman–Crippen MR) is 140 cm³/mol. The fraction of sp³-hybridized carbons (Fsp3) is 0.185. The summed E-state index contributed by atoms with van der Waals surface area (Å²) in [4.78, 5) is 35.3. The highest BCUT2D eigenvalue weighted by Crippen LogP contribution is 2.33. The lowest BCUT2D eigenvalue weighted by molar-refractivity contribution is -0.144. The van der Waals surface area contributed by atoms with Gasteiger partial charge in [-0.1, -0.05) is 35.9 Å². The largest absolute Gasteiger partial charge is 0.480 e. The number of halogens is 2. The van der Waals surface area contributed by atoms with Crippen LogP contribution in [0.25, 0.3) is 22.0 Å². The van der Waals surface area contributed by atoms with Gasteiger partial charge in [0, 0.05) is 48.5 Å². The lowest BCUT2D eigenvalue weighted by Gasteiger charge is -2.34. The van der Waals surface area contributed by atoms with E-state index in [-0.39, 0.29) is 31.4 Å². The zero-order valence-electron chi connectivity index (χ0n) is 19.7. The minimum absolute atomic E-state index is 0.0802. The summed E-state index contributed by atoms with van der Waals surface area (Å²) >= 11 is 6.46. The number of carbonyl (C=O) groups excluding carboxylic acids is 1. The number of nitrogens with zero attached hydrogens (tertiary/aromatic N) is 4. The Kier molecular flexibility index (Phi) is 6.87. The third kappa shape index (κ3) is 5.31. The van der Waals surface area contributed by atoms with E-state index < -0.39 is 5.97 Å². The van der Waals surface area contributed by atoms with Crippen molar-refractivity contribution >= 4 is 45.9 Å². The topological polar surface area (TPSA) is 98.7 Å². The first-order valence-corrected chi connectivity index (χ1v) is 12.0. The maximum Gasteiger partial charge on any atom is 0.323 e. The SMILES string of the molecule is O=C(O)CN1CCN(c2ccc(-c3ccc4ncc(Cl)c(NCc5ccccc5F)c4c3)cn2)CC1=O. The number of hydrogen-bond acceptors (Lipinski definition) is 6. The van der Waals surface area contributed by atoms with Gasteiger partial charge in [0.05, 0.1) is 22.8 Å². The smallest absolute Gasteiger partial charge is 0.323 e. The van der Waals surface area contributed by atoms with Crippen LogP contribution >= 0.6 is 11.6 Å². The number of carbonyl (C=O) groups is 2. The molecule has 1 aliphatic heterocycles. The quantitative estimate of drug-likeness (QED) is 0.372. The second kappa shape index (κ2) is 10.4. The number of hydrogen-bond donors (Lipinski definition) is 2. The Morgan fingerprint density at radius 1 is 1.05 bits per heavy atom. The number of pyridine rings is 2. The van der Waals surface area contributed by atoms with Crippen LogP contribution in [0, 0.1) is 5.82 Å². The maximum absolute atomic E-state index is 14.1. The van der Waals surface area contributed by atoms with Gasteiger partial charge in [-0.3, -0.25) is 14.6 Å². The van der Waals surface area contributed by atoms with Crippen molar-refractivity contribution < 1.29 is 19.1 Å². The molecule has 1 amide bonds. The molecule has 0 saturated carbocycles. The Labute approximate surface area is 217 Å². The minimum atomic E-state index is -1.03. The van der Waals surface area contributed by atoms with Crippen molar-refractivity contribution in [3.8, 4) is 11.1 Å². The molecule has 0 radical (unpaired) electrons. The molecule has 0 unspecified atom stereocenters.